The van der Waals surface area contributed by atoms with Gasteiger partial charge in [-0.25, -0.2) is 0 Å². The Balaban J connectivity index is 3.06. The van der Waals surface area contributed by atoms with E-state index in [1.54, 1.807) is 19.2 Å². The maximum atomic E-state index is 9.27. The van der Waals surface area contributed by atoms with E-state index in [2.05, 4.69) is 0 Å². The average molecular weight is 167 g/mol. The number of phenols is 1. The Kier molecular flexibility index (Phi) is 2.43. The third-order valence-electron chi connectivity index (χ3n) is 1.63. The first kappa shape index (κ1) is 8.71. The molecule has 0 amide bonds. The Labute approximate surface area is 72.2 Å². The van der Waals surface area contributed by atoms with Crippen LogP contribution in [0.1, 0.15) is 0 Å². The summed E-state index contributed by atoms with van der Waals surface area (Å²) in [5.74, 6) is 0.886. The molecular weight excluding hydrogens is 154 g/mol. The zero-order valence-corrected chi connectivity index (χ0v) is 7.53. The number of hydrogen-bond acceptors (Lipinski definition) is 3. The summed E-state index contributed by atoms with van der Waals surface area (Å²) in [6, 6.07) is 5.12. The van der Waals surface area contributed by atoms with Crippen LogP contribution in [0, 0.1) is 0 Å². The van der Waals surface area contributed by atoms with Gasteiger partial charge in [0.15, 0.2) is 0 Å². The monoisotopic (exact) mass is 167 g/mol. The number of nitrogens with zero attached hydrogens (tertiary/aromatic N) is 1. The van der Waals surface area contributed by atoms with Crippen LogP contribution < -0.4 is 9.64 Å². The van der Waals surface area contributed by atoms with Crippen molar-refractivity contribution < 1.29 is 9.84 Å². The van der Waals surface area contributed by atoms with E-state index < -0.39 is 0 Å². The van der Waals surface area contributed by atoms with Crippen LogP contribution in [0.15, 0.2) is 18.2 Å². The Hall–Kier alpha value is -1.38. The molecule has 1 N–H and O–H groups in total. The average Bonchev–Trinajstić information content (AvgIpc) is 2.03. The van der Waals surface area contributed by atoms with Gasteiger partial charge in [-0.15, -0.1) is 0 Å². The number of ether oxygens (including phenoxy) is 1. The second-order valence-corrected chi connectivity index (χ2v) is 2.78. The van der Waals surface area contributed by atoms with Gasteiger partial charge in [0, 0.05) is 38.0 Å². The summed E-state index contributed by atoms with van der Waals surface area (Å²) in [7, 11) is 5.40. The molecule has 0 radical (unpaired) electrons. The standard InChI is InChI=1S/C9H13NO2/c1-10(2)7-4-8(11)6-9(5-7)12-3/h4-6,11H,1-3H3. The van der Waals surface area contributed by atoms with Crippen molar-refractivity contribution in [1.29, 1.82) is 0 Å². The fourth-order valence-corrected chi connectivity index (χ4v) is 0.944. The van der Waals surface area contributed by atoms with Crippen molar-refractivity contribution >= 4 is 5.69 Å². The largest absolute Gasteiger partial charge is 0.508 e. The minimum Gasteiger partial charge on any atom is -0.508 e. The summed E-state index contributed by atoms with van der Waals surface area (Å²) in [5, 5.41) is 9.27. The summed E-state index contributed by atoms with van der Waals surface area (Å²) >= 11 is 0. The number of benzene rings is 1. The Bertz CT molecular complexity index is 271. The van der Waals surface area contributed by atoms with Crippen molar-refractivity contribution in [3.8, 4) is 11.5 Å². The molecule has 0 fully saturated rings. The quantitative estimate of drug-likeness (QED) is 0.724. The van der Waals surface area contributed by atoms with Crippen LogP contribution in [0.25, 0.3) is 0 Å². The molecule has 1 aromatic carbocycles. The molecule has 0 aliphatic carbocycles. The van der Waals surface area contributed by atoms with Gasteiger partial charge in [0.2, 0.25) is 0 Å². The Morgan fingerprint density at radius 3 is 2.42 bits per heavy atom. The smallest absolute Gasteiger partial charge is 0.124 e. The topological polar surface area (TPSA) is 32.7 Å². The molecule has 1 aromatic rings. The summed E-state index contributed by atoms with van der Waals surface area (Å²) in [4.78, 5) is 1.90. The molecule has 3 nitrogen and oxygen atoms in total. The van der Waals surface area contributed by atoms with Gasteiger partial charge in [0.05, 0.1) is 7.11 Å². The third kappa shape index (κ3) is 1.81. The summed E-state index contributed by atoms with van der Waals surface area (Å²) in [5.41, 5.74) is 0.923. The van der Waals surface area contributed by atoms with E-state index in [0.717, 1.165) is 5.69 Å². The number of rotatable bonds is 2. The van der Waals surface area contributed by atoms with E-state index >= 15 is 0 Å². The van der Waals surface area contributed by atoms with Gasteiger partial charge in [-0.05, 0) is 0 Å². The van der Waals surface area contributed by atoms with E-state index in [1.807, 2.05) is 25.1 Å². The van der Waals surface area contributed by atoms with Crippen molar-refractivity contribution in [3.05, 3.63) is 18.2 Å². The van der Waals surface area contributed by atoms with Crippen molar-refractivity contribution in [2.45, 2.75) is 0 Å². The number of hydrogen-bond donors (Lipinski definition) is 1. The van der Waals surface area contributed by atoms with Crippen LogP contribution in [-0.4, -0.2) is 26.3 Å². The highest BCUT2D eigenvalue weighted by Gasteiger charge is 2.00. The molecule has 0 atom stereocenters. The molecule has 0 aliphatic heterocycles. The zero-order valence-electron chi connectivity index (χ0n) is 7.53. The van der Waals surface area contributed by atoms with Gasteiger partial charge in [-0.3, -0.25) is 0 Å². The van der Waals surface area contributed by atoms with E-state index in [-0.39, 0.29) is 5.75 Å². The zero-order chi connectivity index (χ0) is 9.14. The minimum atomic E-state index is 0.220. The molecule has 66 valence electrons. The molecule has 3 heteroatoms. The van der Waals surface area contributed by atoms with Crippen LogP contribution in [0.3, 0.4) is 0 Å². The highest BCUT2D eigenvalue weighted by molar-refractivity contribution is 5.54. The molecule has 0 spiro atoms. The van der Waals surface area contributed by atoms with Gasteiger partial charge < -0.3 is 14.7 Å². The lowest BCUT2D eigenvalue weighted by molar-refractivity contribution is 0.408. The van der Waals surface area contributed by atoms with Crippen molar-refractivity contribution in [3.63, 3.8) is 0 Å². The summed E-state index contributed by atoms with van der Waals surface area (Å²) < 4.78 is 5.00. The summed E-state index contributed by atoms with van der Waals surface area (Å²) in [6.45, 7) is 0. The first-order valence-electron chi connectivity index (χ1n) is 3.69. The van der Waals surface area contributed by atoms with Gasteiger partial charge >= 0.3 is 0 Å². The molecule has 12 heavy (non-hydrogen) atoms. The van der Waals surface area contributed by atoms with Crippen molar-refractivity contribution in [2.75, 3.05) is 26.1 Å². The van der Waals surface area contributed by atoms with E-state index in [0.29, 0.717) is 5.75 Å². The van der Waals surface area contributed by atoms with Crippen LogP contribution in [0.2, 0.25) is 0 Å². The molecular formula is C9H13NO2. The first-order chi connectivity index (χ1) is 5.63. The van der Waals surface area contributed by atoms with Gasteiger partial charge in [0.25, 0.3) is 0 Å². The fraction of sp³-hybridized carbons (Fsp3) is 0.333. The van der Waals surface area contributed by atoms with Gasteiger partial charge in [-0.1, -0.05) is 0 Å². The lowest BCUT2D eigenvalue weighted by atomic mass is 10.2. The van der Waals surface area contributed by atoms with Gasteiger partial charge in [0.1, 0.15) is 11.5 Å². The Morgan fingerprint density at radius 2 is 1.92 bits per heavy atom. The van der Waals surface area contributed by atoms with Crippen LogP contribution in [-0.2, 0) is 0 Å². The molecule has 0 saturated carbocycles. The lowest BCUT2D eigenvalue weighted by Crippen LogP contribution is -2.08. The number of anilines is 1. The molecule has 0 heterocycles. The lowest BCUT2D eigenvalue weighted by Gasteiger charge is -2.13. The molecule has 1 rings (SSSR count). The summed E-state index contributed by atoms with van der Waals surface area (Å²) in [6.07, 6.45) is 0. The molecule has 0 bridgehead atoms. The molecule has 0 saturated heterocycles. The van der Waals surface area contributed by atoms with Crippen LogP contribution >= 0.6 is 0 Å². The van der Waals surface area contributed by atoms with E-state index in [1.165, 1.54) is 0 Å². The maximum Gasteiger partial charge on any atom is 0.124 e. The second kappa shape index (κ2) is 3.34. The molecule has 0 aromatic heterocycles. The van der Waals surface area contributed by atoms with E-state index in [4.69, 9.17) is 4.74 Å². The Morgan fingerprint density at radius 1 is 1.25 bits per heavy atom. The SMILES string of the molecule is COc1cc(O)cc(N(C)C)c1. The number of methoxy groups -OCH3 is 1. The second-order valence-electron chi connectivity index (χ2n) is 2.78. The number of phenolic OH excluding ortho intramolecular Hbond substituents is 1. The maximum absolute atomic E-state index is 9.27. The van der Waals surface area contributed by atoms with Crippen LogP contribution in [0.5, 0.6) is 11.5 Å². The predicted octanol–water partition coefficient (Wildman–Crippen LogP) is 1.47. The minimum absolute atomic E-state index is 0.220. The number of aromatic hydroxyl groups is 1. The third-order valence-corrected chi connectivity index (χ3v) is 1.63. The van der Waals surface area contributed by atoms with Crippen molar-refractivity contribution in [1.82, 2.24) is 0 Å². The van der Waals surface area contributed by atoms with Gasteiger partial charge in [-0.2, -0.15) is 0 Å². The fourth-order valence-electron chi connectivity index (χ4n) is 0.944. The molecule has 0 aliphatic rings. The van der Waals surface area contributed by atoms with Crippen molar-refractivity contribution in [2.24, 2.45) is 0 Å². The highest BCUT2D eigenvalue weighted by Crippen LogP contribution is 2.26. The highest BCUT2D eigenvalue weighted by atomic mass is 16.5. The van der Waals surface area contributed by atoms with E-state index in [9.17, 15) is 5.11 Å². The first-order valence-corrected chi connectivity index (χ1v) is 3.69. The van der Waals surface area contributed by atoms with Crippen LogP contribution in [0.4, 0.5) is 5.69 Å². The normalized spacial score (nSPS) is 9.58. The predicted molar refractivity (Wildman–Crippen MR) is 49.0 cm³/mol. The molecule has 0 unspecified atom stereocenters.